The Morgan fingerprint density at radius 3 is 2.63 bits per heavy atom. The van der Waals surface area contributed by atoms with Gasteiger partial charge in [0.05, 0.1) is 21.9 Å². The first-order valence-electron chi connectivity index (χ1n) is 5.71. The van der Waals surface area contributed by atoms with Crippen LogP contribution in [-0.4, -0.2) is 43.9 Å². The van der Waals surface area contributed by atoms with E-state index in [1.165, 1.54) is 17.8 Å². The van der Waals surface area contributed by atoms with Crippen LogP contribution in [0.25, 0.3) is 0 Å². The van der Waals surface area contributed by atoms with E-state index in [4.69, 9.17) is 5.73 Å². The summed E-state index contributed by atoms with van der Waals surface area (Å²) in [6.45, 7) is 2.01. The van der Waals surface area contributed by atoms with Crippen molar-refractivity contribution in [1.29, 1.82) is 0 Å². The summed E-state index contributed by atoms with van der Waals surface area (Å²) in [5, 5.41) is 13.1. The number of aliphatic hydroxyl groups is 1. The minimum absolute atomic E-state index is 0.0991. The lowest BCUT2D eigenvalue weighted by atomic mass is 10.1. The zero-order valence-electron chi connectivity index (χ0n) is 11.3. The molecule has 1 aromatic rings. The van der Waals surface area contributed by atoms with Crippen molar-refractivity contribution >= 4 is 33.0 Å². The van der Waals surface area contributed by atoms with Gasteiger partial charge in [-0.15, -0.1) is 0 Å². The van der Waals surface area contributed by atoms with Gasteiger partial charge in [0.25, 0.3) is 0 Å². The number of nitrogens with one attached hydrogen (secondary N) is 1. The molecule has 1 aromatic carbocycles. The van der Waals surface area contributed by atoms with Gasteiger partial charge in [0.15, 0.2) is 9.84 Å². The van der Waals surface area contributed by atoms with Gasteiger partial charge in [-0.3, -0.25) is 0 Å². The maximum atomic E-state index is 11.5. The Hall–Kier alpha value is -0.920. The number of nitrogen functional groups attached to an aromatic ring is 1. The van der Waals surface area contributed by atoms with Gasteiger partial charge in [0.2, 0.25) is 0 Å². The SMILES string of the molecule is CSCC(C)(O)CNc1cccc(S(C)(=O)=O)c1N. The van der Waals surface area contributed by atoms with Crippen LogP contribution >= 0.6 is 11.8 Å². The number of rotatable bonds is 6. The Bertz CT molecular complexity index is 542. The average Bonchev–Trinajstić information content (AvgIpc) is 2.26. The molecule has 7 heteroatoms. The number of sulfone groups is 1. The van der Waals surface area contributed by atoms with Crippen LogP contribution in [-0.2, 0) is 9.84 Å². The van der Waals surface area contributed by atoms with Crippen molar-refractivity contribution < 1.29 is 13.5 Å². The number of thioether (sulfide) groups is 1. The van der Waals surface area contributed by atoms with Crippen molar-refractivity contribution in [1.82, 2.24) is 0 Å². The van der Waals surface area contributed by atoms with Crippen LogP contribution < -0.4 is 11.1 Å². The van der Waals surface area contributed by atoms with Gasteiger partial charge in [0.1, 0.15) is 0 Å². The van der Waals surface area contributed by atoms with Crippen molar-refractivity contribution in [2.75, 3.05) is 35.9 Å². The maximum absolute atomic E-state index is 11.5. The summed E-state index contributed by atoms with van der Waals surface area (Å²) in [5.41, 5.74) is 5.67. The van der Waals surface area contributed by atoms with E-state index in [1.54, 1.807) is 19.1 Å². The fourth-order valence-corrected chi connectivity index (χ4v) is 3.23. The highest BCUT2D eigenvalue weighted by molar-refractivity contribution is 7.98. The topological polar surface area (TPSA) is 92.4 Å². The second kappa shape index (κ2) is 6.02. The lowest BCUT2D eigenvalue weighted by molar-refractivity contribution is 0.0997. The van der Waals surface area contributed by atoms with Gasteiger partial charge in [-0.2, -0.15) is 11.8 Å². The van der Waals surface area contributed by atoms with Crippen LogP contribution in [0, 0.1) is 0 Å². The number of para-hydroxylation sites is 1. The number of nitrogens with two attached hydrogens (primary N) is 1. The summed E-state index contributed by atoms with van der Waals surface area (Å²) in [6, 6.07) is 4.79. The average molecular weight is 304 g/mol. The van der Waals surface area contributed by atoms with Crippen LogP contribution in [0.3, 0.4) is 0 Å². The molecule has 1 rings (SSSR count). The lowest BCUT2D eigenvalue weighted by Crippen LogP contribution is -2.36. The second-order valence-electron chi connectivity index (χ2n) is 4.77. The molecule has 4 N–H and O–H groups in total. The molecule has 0 amide bonds. The molecule has 0 aromatic heterocycles. The molecule has 0 heterocycles. The summed E-state index contributed by atoms with van der Waals surface area (Å²) >= 11 is 1.54. The highest BCUT2D eigenvalue weighted by Crippen LogP contribution is 2.27. The van der Waals surface area contributed by atoms with Gasteiger partial charge in [-0.05, 0) is 25.3 Å². The maximum Gasteiger partial charge on any atom is 0.177 e. The van der Waals surface area contributed by atoms with E-state index >= 15 is 0 Å². The third kappa shape index (κ3) is 4.59. The van der Waals surface area contributed by atoms with E-state index < -0.39 is 15.4 Å². The van der Waals surface area contributed by atoms with E-state index in [2.05, 4.69) is 5.32 Å². The van der Waals surface area contributed by atoms with Crippen LogP contribution in [0.4, 0.5) is 11.4 Å². The zero-order valence-corrected chi connectivity index (χ0v) is 12.9. The standard InChI is InChI=1S/C12H20N2O3S2/c1-12(15,8-18-2)7-14-9-5-4-6-10(11(9)13)19(3,16)17/h4-6,14-15H,7-8,13H2,1-3H3. The quantitative estimate of drug-likeness (QED) is 0.684. The molecule has 0 aliphatic heterocycles. The summed E-state index contributed by atoms with van der Waals surface area (Å²) < 4.78 is 23.1. The number of anilines is 2. The molecule has 108 valence electrons. The largest absolute Gasteiger partial charge is 0.396 e. The normalized spacial score (nSPS) is 14.9. The summed E-state index contributed by atoms with van der Waals surface area (Å²) in [4.78, 5) is 0.0991. The van der Waals surface area contributed by atoms with Gasteiger partial charge >= 0.3 is 0 Å². The van der Waals surface area contributed by atoms with Crippen LogP contribution in [0.2, 0.25) is 0 Å². The zero-order chi connectivity index (χ0) is 14.7. The summed E-state index contributed by atoms with van der Waals surface area (Å²) in [6.07, 6.45) is 3.03. The third-order valence-electron chi connectivity index (χ3n) is 2.58. The monoisotopic (exact) mass is 304 g/mol. The second-order valence-corrected chi connectivity index (χ2v) is 7.62. The Kier molecular flexibility index (Phi) is 5.11. The van der Waals surface area contributed by atoms with Crippen molar-refractivity contribution in [2.45, 2.75) is 17.4 Å². The Labute approximate surface area is 118 Å². The fraction of sp³-hybridized carbons (Fsp3) is 0.500. The van der Waals surface area contributed by atoms with E-state index in [0.29, 0.717) is 18.0 Å². The van der Waals surface area contributed by atoms with Gasteiger partial charge in [-0.25, -0.2) is 8.42 Å². The van der Waals surface area contributed by atoms with E-state index in [9.17, 15) is 13.5 Å². The van der Waals surface area contributed by atoms with Gasteiger partial charge in [-0.1, -0.05) is 6.07 Å². The van der Waals surface area contributed by atoms with Gasteiger partial charge < -0.3 is 16.2 Å². The molecule has 5 nitrogen and oxygen atoms in total. The van der Waals surface area contributed by atoms with Crippen molar-refractivity contribution in [3.8, 4) is 0 Å². The molecule has 0 saturated carbocycles. The van der Waals surface area contributed by atoms with Crippen LogP contribution in [0.15, 0.2) is 23.1 Å². The van der Waals surface area contributed by atoms with E-state index in [0.717, 1.165) is 6.26 Å². The molecular weight excluding hydrogens is 284 g/mol. The first-order chi connectivity index (χ1) is 8.67. The fourth-order valence-electron chi connectivity index (χ4n) is 1.67. The number of benzene rings is 1. The number of hydrogen-bond donors (Lipinski definition) is 3. The molecule has 19 heavy (non-hydrogen) atoms. The Morgan fingerprint density at radius 1 is 1.47 bits per heavy atom. The Morgan fingerprint density at radius 2 is 2.11 bits per heavy atom. The van der Waals surface area contributed by atoms with Crippen molar-refractivity contribution in [2.24, 2.45) is 0 Å². The first-order valence-corrected chi connectivity index (χ1v) is 8.99. The molecule has 0 spiro atoms. The molecule has 0 aliphatic carbocycles. The third-order valence-corrected chi connectivity index (χ3v) is 4.65. The molecule has 1 atom stereocenters. The number of hydrogen-bond acceptors (Lipinski definition) is 6. The highest BCUT2D eigenvalue weighted by atomic mass is 32.2. The smallest absolute Gasteiger partial charge is 0.177 e. The van der Waals surface area contributed by atoms with Gasteiger partial charge in [0, 0.05) is 18.6 Å². The summed E-state index contributed by atoms with van der Waals surface area (Å²) in [7, 11) is -3.35. The molecule has 1 unspecified atom stereocenters. The van der Waals surface area contributed by atoms with E-state index in [1.807, 2.05) is 6.26 Å². The van der Waals surface area contributed by atoms with E-state index in [-0.39, 0.29) is 10.6 Å². The minimum atomic E-state index is -3.35. The Balaban J connectivity index is 2.92. The molecule has 0 radical (unpaired) electrons. The predicted molar refractivity (Wildman–Crippen MR) is 81.5 cm³/mol. The lowest BCUT2D eigenvalue weighted by Gasteiger charge is -2.24. The molecular formula is C12H20N2O3S2. The van der Waals surface area contributed by atoms with Crippen LogP contribution in [0.1, 0.15) is 6.92 Å². The van der Waals surface area contributed by atoms with Crippen molar-refractivity contribution in [3.05, 3.63) is 18.2 Å². The minimum Gasteiger partial charge on any atom is -0.396 e. The van der Waals surface area contributed by atoms with Crippen molar-refractivity contribution in [3.63, 3.8) is 0 Å². The molecule has 0 aliphatic rings. The molecule has 0 saturated heterocycles. The molecule has 0 bridgehead atoms. The summed E-state index contributed by atoms with van der Waals surface area (Å²) in [5.74, 6) is 0.575. The predicted octanol–water partition coefficient (Wildman–Crippen LogP) is 1.20. The highest BCUT2D eigenvalue weighted by Gasteiger charge is 2.20. The first kappa shape index (κ1) is 16.1. The van der Waals surface area contributed by atoms with Crippen LogP contribution in [0.5, 0.6) is 0 Å². The molecule has 0 fully saturated rings.